The van der Waals surface area contributed by atoms with Gasteiger partial charge < -0.3 is 5.11 Å². The minimum absolute atomic E-state index is 0.282. The average Bonchev–Trinajstić information content (AvgIpc) is 2.77. The zero-order chi connectivity index (χ0) is 12.3. The monoisotopic (exact) mass is 234 g/mol. The van der Waals surface area contributed by atoms with Gasteiger partial charge in [0.2, 0.25) is 0 Å². The highest BCUT2D eigenvalue weighted by atomic mass is 16.2. The lowest BCUT2D eigenvalue weighted by atomic mass is 9.95. The van der Waals surface area contributed by atoms with Crippen LogP contribution in [0, 0.1) is 11.8 Å². The average molecular weight is 234 g/mol. The fourth-order valence-electron chi connectivity index (χ4n) is 2.37. The van der Waals surface area contributed by atoms with Crippen LogP contribution in [0.5, 0.6) is 0 Å². The molecule has 1 aliphatic rings. The molecule has 96 valence electrons. The number of aliphatic hydroxyl groups excluding tert-OH is 1. The van der Waals surface area contributed by atoms with Crippen molar-refractivity contribution in [2.24, 2.45) is 11.8 Å². The van der Waals surface area contributed by atoms with Crippen LogP contribution in [0.1, 0.15) is 51.9 Å². The number of hydrogen-bond donors (Lipinski definition) is 1. The molecule has 2 atom stereocenters. The number of aliphatic hydroxyl groups is 1. The molecule has 1 nitrogen and oxygen atoms in total. The van der Waals surface area contributed by atoms with Gasteiger partial charge in [-0.3, -0.25) is 0 Å². The molecule has 0 heterocycles. The first-order valence-electron chi connectivity index (χ1n) is 7.07. The molecule has 0 aliphatic heterocycles. The molecule has 1 saturated carbocycles. The van der Waals surface area contributed by atoms with Crippen LogP contribution in [0.3, 0.4) is 0 Å². The molecular formula is C16H26O. The van der Waals surface area contributed by atoms with Gasteiger partial charge in [-0.1, -0.05) is 31.9 Å². The summed E-state index contributed by atoms with van der Waals surface area (Å²) < 4.78 is 0. The summed E-state index contributed by atoms with van der Waals surface area (Å²) in [6.07, 6.45) is 17.3. The van der Waals surface area contributed by atoms with Crippen LogP contribution in [0.25, 0.3) is 0 Å². The largest absolute Gasteiger partial charge is 0.396 e. The van der Waals surface area contributed by atoms with Gasteiger partial charge in [-0.2, -0.15) is 0 Å². The highest BCUT2D eigenvalue weighted by Crippen LogP contribution is 2.33. The number of allylic oxidation sites excluding steroid dienone is 3. The van der Waals surface area contributed by atoms with Gasteiger partial charge in [0.05, 0.1) is 0 Å². The Kier molecular flexibility index (Phi) is 7.79. The maximum atomic E-state index is 8.67. The van der Waals surface area contributed by atoms with E-state index in [2.05, 4.69) is 37.0 Å². The number of hydrogen-bond acceptors (Lipinski definition) is 1. The molecule has 1 fully saturated rings. The SMILES string of the molecule is CCCC=C[C@H]1CCC[C@@H]1C=C=CCCCO. The normalized spacial score (nSPS) is 23.9. The molecule has 1 aliphatic carbocycles. The van der Waals surface area contributed by atoms with Gasteiger partial charge in [0.1, 0.15) is 0 Å². The van der Waals surface area contributed by atoms with Gasteiger partial charge in [0, 0.05) is 6.61 Å². The fraction of sp³-hybridized carbons (Fsp3) is 0.688. The lowest BCUT2D eigenvalue weighted by Gasteiger charge is -2.09. The molecule has 1 heteroatoms. The summed E-state index contributed by atoms with van der Waals surface area (Å²) >= 11 is 0. The quantitative estimate of drug-likeness (QED) is 0.397. The van der Waals surface area contributed by atoms with Crippen LogP contribution >= 0.6 is 0 Å². The van der Waals surface area contributed by atoms with Crippen molar-refractivity contribution in [3.8, 4) is 0 Å². The second kappa shape index (κ2) is 9.27. The molecule has 0 aromatic heterocycles. The smallest absolute Gasteiger partial charge is 0.0434 e. The Morgan fingerprint density at radius 3 is 2.82 bits per heavy atom. The van der Waals surface area contributed by atoms with Crippen molar-refractivity contribution < 1.29 is 5.11 Å². The van der Waals surface area contributed by atoms with Crippen molar-refractivity contribution in [2.45, 2.75) is 51.9 Å². The molecule has 0 amide bonds. The Morgan fingerprint density at radius 1 is 1.24 bits per heavy atom. The predicted molar refractivity (Wildman–Crippen MR) is 73.9 cm³/mol. The van der Waals surface area contributed by atoms with Crippen LogP contribution in [-0.4, -0.2) is 11.7 Å². The summed E-state index contributed by atoms with van der Waals surface area (Å²) in [5, 5.41) is 8.67. The summed E-state index contributed by atoms with van der Waals surface area (Å²) in [5.74, 6) is 1.42. The zero-order valence-electron chi connectivity index (χ0n) is 11.1. The van der Waals surface area contributed by atoms with Gasteiger partial charge in [0.25, 0.3) is 0 Å². The van der Waals surface area contributed by atoms with E-state index in [1.165, 1.54) is 32.1 Å². The molecule has 0 saturated heterocycles. The highest BCUT2D eigenvalue weighted by Gasteiger charge is 2.22. The molecule has 1 rings (SSSR count). The standard InChI is InChI=1S/C16H26O/c1-2-3-6-10-15-12-9-13-16(15)11-7-4-5-8-14-17/h4,6,10-11,15-17H,2-3,5,8-9,12-14H2,1H3/t7?,15-,16-/m0/s1. The van der Waals surface area contributed by atoms with E-state index in [-0.39, 0.29) is 6.61 Å². The Balaban J connectivity index is 2.38. The van der Waals surface area contributed by atoms with Crippen LogP contribution in [0.4, 0.5) is 0 Å². The van der Waals surface area contributed by atoms with Gasteiger partial charge in [-0.25, -0.2) is 0 Å². The molecule has 0 radical (unpaired) electrons. The summed E-state index contributed by atoms with van der Waals surface area (Å²) in [4.78, 5) is 0. The molecule has 1 N–H and O–H groups in total. The first kappa shape index (κ1) is 14.3. The second-order valence-corrected chi connectivity index (χ2v) is 4.88. The van der Waals surface area contributed by atoms with E-state index in [1.807, 2.05) is 0 Å². The number of rotatable bonds is 7. The third kappa shape index (κ3) is 5.91. The lowest BCUT2D eigenvalue weighted by molar-refractivity contribution is 0.289. The van der Waals surface area contributed by atoms with Gasteiger partial charge in [-0.05, 0) is 56.1 Å². The molecule has 0 bridgehead atoms. The van der Waals surface area contributed by atoms with Crippen LogP contribution in [0.2, 0.25) is 0 Å². The van der Waals surface area contributed by atoms with Crippen molar-refractivity contribution in [2.75, 3.05) is 6.61 Å². The second-order valence-electron chi connectivity index (χ2n) is 4.88. The topological polar surface area (TPSA) is 20.2 Å². The summed E-state index contributed by atoms with van der Waals surface area (Å²) in [6, 6.07) is 0. The maximum absolute atomic E-state index is 8.67. The Labute approximate surface area is 106 Å². The first-order valence-corrected chi connectivity index (χ1v) is 7.07. The van der Waals surface area contributed by atoms with Crippen LogP contribution in [0.15, 0.2) is 30.0 Å². The minimum Gasteiger partial charge on any atom is -0.396 e. The van der Waals surface area contributed by atoms with Gasteiger partial charge in [-0.15, -0.1) is 5.73 Å². The Morgan fingerprint density at radius 2 is 2.06 bits per heavy atom. The van der Waals surface area contributed by atoms with Crippen LogP contribution < -0.4 is 0 Å². The Hall–Kier alpha value is -0.780. The van der Waals surface area contributed by atoms with E-state index < -0.39 is 0 Å². The highest BCUT2D eigenvalue weighted by molar-refractivity contribution is 5.02. The lowest BCUT2D eigenvalue weighted by Crippen LogP contribution is -2.00. The Bertz CT molecular complexity index is 271. The van der Waals surface area contributed by atoms with Gasteiger partial charge in [0.15, 0.2) is 0 Å². The van der Waals surface area contributed by atoms with E-state index in [1.54, 1.807) is 0 Å². The van der Waals surface area contributed by atoms with E-state index in [0.29, 0.717) is 5.92 Å². The van der Waals surface area contributed by atoms with Crippen molar-refractivity contribution in [1.82, 2.24) is 0 Å². The minimum atomic E-state index is 0.282. The van der Waals surface area contributed by atoms with Crippen LogP contribution in [-0.2, 0) is 0 Å². The first-order chi connectivity index (χ1) is 8.38. The van der Waals surface area contributed by atoms with Crippen molar-refractivity contribution in [3.63, 3.8) is 0 Å². The number of unbranched alkanes of at least 4 members (excludes halogenated alkanes) is 2. The van der Waals surface area contributed by atoms with E-state index >= 15 is 0 Å². The van der Waals surface area contributed by atoms with E-state index in [4.69, 9.17) is 5.11 Å². The van der Waals surface area contributed by atoms with Crippen molar-refractivity contribution in [3.05, 3.63) is 30.0 Å². The van der Waals surface area contributed by atoms with Crippen molar-refractivity contribution in [1.29, 1.82) is 0 Å². The zero-order valence-corrected chi connectivity index (χ0v) is 11.1. The molecule has 0 spiro atoms. The molecule has 17 heavy (non-hydrogen) atoms. The molecule has 0 aromatic carbocycles. The molecule has 0 aromatic rings. The third-order valence-electron chi connectivity index (χ3n) is 3.40. The maximum Gasteiger partial charge on any atom is 0.0434 e. The summed E-state index contributed by atoms with van der Waals surface area (Å²) in [5.41, 5.74) is 3.29. The predicted octanol–water partition coefficient (Wildman–Crippen LogP) is 4.24. The molecular weight excluding hydrogens is 208 g/mol. The summed E-state index contributed by atoms with van der Waals surface area (Å²) in [6.45, 7) is 2.50. The fourth-order valence-corrected chi connectivity index (χ4v) is 2.37. The summed E-state index contributed by atoms with van der Waals surface area (Å²) in [7, 11) is 0. The van der Waals surface area contributed by atoms with Crippen molar-refractivity contribution >= 4 is 0 Å². The van der Waals surface area contributed by atoms with Gasteiger partial charge >= 0.3 is 0 Å². The van der Waals surface area contributed by atoms with E-state index in [9.17, 15) is 0 Å². The van der Waals surface area contributed by atoms with E-state index in [0.717, 1.165) is 18.8 Å². The molecule has 0 unspecified atom stereocenters. The third-order valence-corrected chi connectivity index (χ3v) is 3.40.